The Morgan fingerprint density at radius 3 is 2.48 bits per heavy atom. The van der Waals surface area contributed by atoms with Crippen LogP contribution < -0.4 is 10.5 Å². The number of rotatable bonds is 4. The third kappa shape index (κ3) is 4.62. The molecule has 2 aromatic carbocycles. The zero-order valence-electron chi connectivity index (χ0n) is 18.2. The average molecular weight is 486 g/mol. The summed E-state index contributed by atoms with van der Waals surface area (Å²) in [7, 11) is 0. The van der Waals surface area contributed by atoms with Gasteiger partial charge in [-0.3, -0.25) is 9.69 Å². The Kier molecular flexibility index (Phi) is 5.99. The number of hydrogen-bond acceptors (Lipinski definition) is 4. The molecule has 2 aromatic heterocycles. The molecule has 170 valence electrons. The first-order chi connectivity index (χ1) is 15.5. The summed E-state index contributed by atoms with van der Waals surface area (Å²) in [6.07, 6.45) is 0.259. The summed E-state index contributed by atoms with van der Waals surface area (Å²) in [5.41, 5.74) is 1.04. The molecule has 0 atom stereocenters. The summed E-state index contributed by atoms with van der Waals surface area (Å²) in [4.78, 5) is 29.8. The first-order valence-electron chi connectivity index (χ1n) is 10.1. The van der Waals surface area contributed by atoms with Gasteiger partial charge in [0.2, 0.25) is 0 Å². The van der Waals surface area contributed by atoms with Gasteiger partial charge in [-0.05, 0) is 62.2 Å². The molecule has 1 N–H and O–H groups in total. The highest BCUT2D eigenvalue weighted by Gasteiger charge is 2.30. The quantitative estimate of drug-likeness (QED) is 0.370. The lowest BCUT2D eigenvalue weighted by Crippen LogP contribution is -2.45. The van der Waals surface area contributed by atoms with Gasteiger partial charge in [0.25, 0.3) is 5.56 Å². The zero-order valence-corrected chi connectivity index (χ0v) is 19.7. The van der Waals surface area contributed by atoms with Crippen molar-refractivity contribution in [3.63, 3.8) is 0 Å². The van der Waals surface area contributed by atoms with Crippen LogP contribution in [-0.2, 0) is 6.54 Å². The van der Waals surface area contributed by atoms with Gasteiger partial charge in [-0.2, -0.15) is 4.98 Å². The van der Waals surface area contributed by atoms with Gasteiger partial charge in [0.1, 0.15) is 10.5 Å². The van der Waals surface area contributed by atoms with E-state index in [2.05, 4.69) is 4.98 Å². The highest BCUT2D eigenvalue weighted by atomic mass is 35.5. The number of nitrogens with zero attached hydrogens (tertiary/aromatic N) is 3. The summed E-state index contributed by atoms with van der Waals surface area (Å²) in [5.74, 6) is -0.656. The number of carbonyl (C=O) groups is 1. The van der Waals surface area contributed by atoms with E-state index in [1.807, 2.05) is 22.8 Å². The zero-order chi connectivity index (χ0) is 23.9. The van der Waals surface area contributed by atoms with E-state index in [-0.39, 0.29) is 11.2 Å². The minimum Gasteiger partial charge on any atom is -0.465 e. The van der Waals surface area contributed by atoms with E-state index in [1.54, 1.807) is 39.0 Å². The molecule has 33 heavy (non-hydrogen) atoms. The van der Waals surface area contributed by atoms with E-state index in [1.165, 1.54) is 29.8 Å². The second kappa shape index (κ2) is 8.61. The Labute approximate surface area is 198 Å². The average Bonchev–Trinajstić information content (AvgIpc) is 3.18. The smallest absolute Gasteiger partial charge is 0.412 e. The lowest BCUT2D eigenvalue weighted by molar-refractivity contribution is 0.195. The Morgan fingerprint density at radius 1 is 1.18 bits per heavy atom. The first kappa shape index (κ1) is 22.9. The lowest BCUT2D eigenvalue weighted by Gasteiger charge is -2.33. The van der Waals surface area contributed by atoms with Crippen molar-refractivity contribution in [2.24, 2.45) is 0 Å². The van der Waals surface area contributed by atoms with Crippen LogP contribution in [0.3, 0.4) is 0 Å². The molecule has 0 aliphatic rings. The second-order valence-electron chi connectivity index (χ2n) is 8.58. The van der Waals surface area contributed by atoms with Gasteiger partial charge in [-0.25, -0.2) is 9.18 Å². The number of anilines is 1. The Hall–Kier alpha value is -3.23. The molecule has 0 fully saturated rings. The van der Waals surface area contributed by atoms with E-state index in [0.717, 1.165) is 10.5 Å². The van der Waals surface area contributed by atoms with Crippen molar-refractivity contribution in [2.75, 3.05) is 4.90 Å². The maximum Gasteiger partial charge on any atom is 0.412 e. The molecule has 4 aromatic rings. The third-order valence-electron chi connectivity index (χ3n) is 5.13. The molecule has 9 heteroatoms. The van der Waals surface area contributed by atoms with Crippen molar-refractivity contribution in [2.45, 2.75) is 32.9 Å². The van der Waals surface area contributed by atoms with Crippen molar-refractivity contribution in [3.05, 3.63) is 81.6 Å². The Morgan fingerprint density at radius 2 is 1.88 bits per heavy atom. The van der Waals surface area contributed by atoms with Crippen LogP contribution in [0.15, 0.2) is 59.7 Å². The van der Waals surface area contributed by atoms with E-state index >= 15 is 4.39 Å². The summed E-state index contributed by atoms with van der Waals surface area (Å²) < 4.78 is 17.3. The van der Waals surface area contributed by atoms with Gasteiger partial charge >= 0.3 is 6.09 Å². The molecule has 0 bridgehead atoms. The first-order valence-corrected chi connectivity index (χ1v) is 11.3. The normalized spacial score (nSPS) is 11.7. The Bertz CT molecular complexity index is 1410. The van der Waals surface area contributed by atoms with Crippen molar-refractivity contribution in [1.82, 2.24) is 9.55 Å². The monoisotopic (exact) mass is 485 g/mol. The fourth-order valence-electron chi connectivity index (χ4n) is 3.64. The number of carboxylic acid groups (broad SMARTS) is 1. The van der Waals surface area contributed by atoms with Crippen molar-refractivity contribution >= 4 is 44.9 Å². The highest BCUT2D eigenvalue weighted by molar-refractivity contribution is 7.22. The van der Waals surface area contributed by atoms with Crippen LogP contribution in [0.2, 0.25) is 5.02 Å². The van der Waals surface area contributed by atoms with Gasteiger partial charge in [0.15, 0.2) is 0 Å². The van der Waals surface area contributed by atoms with Gasteiger partial charge in [-0.15, -0.1) is 11.3 Å². The molecule has 0 unspecified atom stereocenters. The molecule has 4 rings (SSSR count). The fourth-order valence-corrected chi connectivity index (χ4v) is 4.82. The second-order valence-corrected chi connectivity index (χ2v) is 10.1. The number of halogens is 2. The summed E-state index contributed by atoms with van der Waals surface area (Å²) in [6.45, 7) is 5.58. The van der Waals surface area contributed by atoms with E-state index in [9.17, 15) is 14.7 Å². The molecule has 1 amide bonds. The fraction of sp³-hybridized carbons (Fsp3) is 0.208. The van der Waals surface area contributed by atoms with E-state index in [0.29, 0.717) is 32.2 Å². The number of aromatic nitrogens is 2. The molecule has 0 saturated heterocycles. The number of hydrogen-bond donors (Lipinski definition) is 1. The van der Waals surface area contributed by atoms with Gasteiger partial charge in [-0.1, -0.05) is 29.8 Å². The summed E-state index contributed by atoms with van der Waals surface area (Å²) >= 11 is 7.19. The molecule has 0 aliphatic carbocycles. The molecule has 6 nitrogen and oxygen atoms in total. The van der Waals surface area contributed by atoms with Crippen LogP contribution in [0.1, 0.15) is 26.3 Å². The van der Waals surface area contributed by atoms with Crippen LogP contribution in [0, 0.1) is 5.82 Å². The molecule has 0 spiro atoms. The minimum absolute atomic E-state index is 0.0242. The van der Waals surface area contributed by atoms with E-state index < -0.39 is 17.4 Å². The third-order valence-corrected chi connectivity index (χ3v) is 6.55. The van der Waals surface area contributed by atoms with Crippen LogP contribution in [-0.4, -0.2) is 26.3 Å². The summed E-state index contributed by atoms with van der Waals surface area (Å²) in [6, 6.07) is 13.6. The van der Waals surface area contributed by atoms with E-state index in [4.69, 9.17) is 11.6 Å². The minimum atomic E-state index is -1.23. The highest BCUT2D eigenvalue weighted by Crippen LogP contribution is 2.35. The van der Waals surface area contributed by atoms with Gasteiger partial charge < -0.3 is 9.67 Å². The molecular weight excluding hydrogens is 465 g/mol. The van der Waals surface area contributed by atoms with Gasteiger partial charge in [0.05, 0.1) is 17.5 Å². The molecule has 0 radical (unpaired) electrons. The van der Waals surface area contributed by atoms with Crippen molar-refractivity contribution < 1.29 is 14.3 Å². The maximum atomic E-state index is 15.0. The van der Waals surface area contributed by atoms with Crippen LogP contribution >= 0.6 is 22.9 Å². The predicted octanol–water partition coefficient (Wildman–Crippen LogP) is 6.25. The largest absolute Gasteiger partial charge is 0.465 e. The molecule has 2 heterocycles. The number of thiophene rings is 1. The standard InChI is InChI=1S/C24H21ClFN3O3S/c1-24(2,3)29(23(31)32)18-9-6-15(10-17(18)26)20-11-19-21(33-20)22(30)27-13-28(19)12-14-4-7-16(25)8-5-14/h4-11,13H,12H2,1-3H3,(H,31,32). The van der Waals surface area contributed by atoms with Crippen LogP contribution in [0.25, 0.3) is 20.7 Å². The number of fused-ring (bicyclic) bond motifs is 1. The topological polar surface area (TPSA) is 75.4 Å². The number of amides is 1. The Balaban J connectivity index is 1.75. The maximum absolute atomic E-state index is 15.0. The van der Waals surface area contributed by atoms with Gasteiger partial charge in [0, 0.05) is 22.0 Å². The lowest BCUT2D eigenvalue weighted by atomic mass is 10.0. The SMILES string of the molecule is CC(C)(C)N(C(=O)O)c1ccc(-c2cc3c(s2)c(=O)ncn3Cc2ccc(Cl)cc2)cc1F. The molecular formula is C24H21ClFN3O3S. The van der Waals surface area contributed by atoms with Crippen LogP contribution in [0.4, 0.5) is 14.9 Å². The molecule has 0 aliphatic heterocycles. The number of benzene rings is 2. The molecule has 0 saturated carbocycles. The van der Waals surface area contributed by atoms with Crippen LogP contribution in [0.5, 0.6) is 0 Å². The summed E-state index contributed by atoms with van der Waals surface area (Å²) in [5, 5.41) is 10.2. The van der Waals surface area contributed by atoms with Crippen molar-refractivity contribution in [3.8, 4) is 10.4 Å². The predicted molar refractivity (Wildman–Crippen MR) is 130 cm³/mol. The van der Waals surface area contributed by atoms with Crippen molar-refractivity contribution in [1.29, 1.82) is 0 Å².